The highest BCUT2D eigenvalue weighted by molar-refractivity contribution is 7.13. The lowest BCUT2D eigenvalue weighted by Gasteiger charge is -2.24. The molecule has 1 saturated heterocycles. The number of nitrogens with one attached hydrogen (secondary N) is 2. The number of aromatic nitrogens is 1. The lowest BCUT2D eigenvalue weighted by Crippen LogP contribution is -2.39. The molecule has 2 fully saturated rings. The van der Waals surface area contributed by atoms with Gasteiger partial charge in [0.1, 0.15) is 0 Å². The predicted molar refractivity (Wildman–Crippen MR) is 88.4 cm³/mol. The average molecular weight is 337 g/mol. The summed E-state index contributed by atoms with van der Waals surface area (Å²) in [6, 6.07) is 0.371. The lowest BCUT2D eigenvalue weighted by molar-refractivity contribution is -0.142. The van der Waals surface area contributed by atoms with Crippen LogP contribution in [0.2, 0.25) is 0 Å². The molecule has 1 aliphatic carbocycles. The van der Waals surface area contributed by atoms with Gasteiger partial charge in [-0.2, -0.15) is 0 Å². The van der Waals surface area contributed by atoms with Gasteiger partial charge < -0.3 is 15.4 Å². The van der Waals surface area contributed by atoms with Crippen LogP contribution in [0.25, 0.3) is 0 Å². The van der Waals surface area contributed by atoms with E-state index in [2.05, 4.69) is 15.6 Å². The second kappa shape index (κ2) is 7.40. The number of ether oxygens (including phenoxy) is 1. The summed E-state index contributed by atoms with van der Waals surface area (Å²) < 4.78 is 4.90. The normalized spacial score (nSPS) is 26.6. The molecule has 2 N–H and O–H groups in total. The van der Waals surface area contributed by atoms with Crippen LogP contribution in [0.4, 0.5) is 5.13 Å². The number of anilines is 1. The van der Waals surface area contributed by atoms with Gasteiger partial charge in [-0.1, -0.05) is 12.8 Å². The Morgan fingerprint density at radius 2 is 2.26 bits per heavy atom. The Bertz CT molecular complexity index is 561. The topological polar surface area (TPSA) is 80.3 Å². The van der Waals surface area contributed by atoms with Crippen molar-refractivity contribution in [3.05, 3.63) is 11.1 Å². The minimum absolute atomic E-state index is 0.0172. The molecular weight excluding hydrogens is 314 g/mol. The van der Waals surface area contributed by atoms with Crippen LogP contribution in [0, 0.1) is 5.92 Å². The minimum atomic E-state index is -0.294. The Morgan fingerprint density at radius 3 is 3.04 bits per heavy atom. The number of rotatable bonds is 5. The van der Waals surface area contributed by atoms with Crippen molar-refractivity contribution in [1.82, 2.24) is 10.3 Å². The summed E-state index contributed by atoms with van der Waals surface area (Å²) >= 11 is 1.34. The largest absolute Gasteiger partial charge is 0.466 e. The number of amides is 1. The van der Waals surface area contributed by atoms with Crippen LogP contribution < -0.4 is 10.6 Å². The van der Waals surface area contributed by atoms with Gasteiger partial charge in [-0.15, -0.1) is 11.3 Å². The molecule has 0 spiro atoms. The van der Waals surface area contributed by atoms with Crippen molar-refractivity contribution in [2.24, 2.45) is 5.92 Å². The number of fused-ring (bicyclic) bond motifs is 1. The van der Waals surface area contributed by atoms with Crippen LogP contribution >= 0.6 is 11.3 Å². The SMILES string of the molecule is CCOC(=O)Cc1csc(NC(=O)C2CC3CCCCC3N2)n1. The van der Waals surface area contributed by atoms with Crippen molar-refractivity contribution < 1.29 is 14.3 Å². The van der Waals surface area contributed by atoms with Crippen molar-refractivity contribution in [2.45, 2.75) is 57.5 Å². The van der Waals surface area contributed by atoms with Crippen LogP contribution in [0.15, 0.2) is 5.38 Å². The number of nitrogens with zero attached hydrogens (tertiary/aromatic N) is 1. The highest BCUT2D eigenvalue weighted by Gasteiger charge is 2.38. The van der Waals surface area contributed by atoms with E-state index in [0.717, 1.165) is 6.42 Å². The maximum atomic E-state index is 12.4. The van der Waals surface area contributed by atoms with E-state index in [0.29, 0.717) is 29.4 Å². The molecule has 1 saturated carbocycles. The fourth-order valence-electron chi connectivity index (χ4n) is 3.52. The molecular formula is C16H23N3O3S. The fraction of sp³-hybridized carbons (Fsp3) is 0.688. The highest BCUT2D eigenvalue weighted by atomic mass is 32.1. The zero-order valence-corrected chi connectivity index (χ0v) is 14.2. The molecule has 0 aromatic carbocycles. The van der Waals surface area contributed by atoms with Crippen molar-refractivity contribution >= 4 is 28.3 Å². The summed E-state index contributed by atoms with van der Waals surface area (Å²) in [7, 11) is 0. The third kappa shape index (κ3) is 4.09. The van der Waals surface area contributed by atoms with Crippen LogP contribution in [0.1, 0.15) is 44.7 Å². The van der Waals surface area contributed by atoms with Gasteiger partial charge in [0.2, 0.25) is 5.91 Å². The van der Waals surface area contributed by atoms with Crippen molar-refractivity contribution in [1.29, 1.82) is 0 Å². The van der Waals surface area contributed by atoms with Gasteiger partial charge in [-0.3, -0.25) is 9.59 Å². The second-order valence-corrected chi connectivity index (χ2v) is 7.08. The molecule has 1 aromatic heterocycles. The zero-order valence-electron chi connectivity index (χ0n) is 13.3. The van der Waals surface area contributed by atoms with E-state index in [1.165, 1.54) is 37.0 Å². The van der Waals surface area contributed by atoms with Gasteiger partial charge in [-0.05, 0) is 32.1 Å². The van der Waals surface area contributed by atoms with Gasteiger partial charge in [-0.25, -0.2) is 4.98 Å². The molecule has 3 unspecified atom stereocenters. The van der Waals surface area contributed by atoms with E-state index in [1.807, 2.05) is 0 Å². The Balaban J connectivity index is 1.52. The monoisotopic (exact) mass is 337 g/mol. The number of carbonyl (C=O) groups is 2. The first kappa shape index (κ1) is 16.4. The quantitative estimate of drug-likeness (QED) is 0.805. The summed E-state index contributed by atoms with van der Waals surface area (Å²) in [5.74, 6) is 0.323. The molecule has 2 heterocycles. The molecule has 126 valence electrons. The molecule has 3 rings (SSSR count). The molecule has 1 aromatic rings. The maximum absolute atomic E-state index is 12.4. The van der Waals surface area contributed by atoms with Gasteiger partial charge in [0.25, 0.3) is 0 Å². The molecule has 3 atom stereocenters. The summed E-state index contributed by atoms with van der Waals surface area (Å²) in [4.78, 5) is 28.1. The van der Waals surface area contributed by atoms with Gasteiger partial charge >= 0.3 is 5.97 Å². The first-order valence-corrected chi connectivity index (χ1v) is 9.20. The van der Waals surface area contributed by atoms with Gasteiger partial charge in [0.15, 0.2) is 5.13 Å². The Hall–Kier alpha value is -1.47. The highest BCUT2D eigenvalue weighted by Crippen LogP contribution is 2.33. The fourth-order valence-corrected chi connectivity index (χ4v) is 4.23. The molecule has 2 aliphatic rings. The summed E-state index contributed by atoms with van der Waals surface area (Å²) in [5.41, 5.74) is 0.636. The molecule has 0 bridgehead atoms. The van der Waals surface area contributed by atoms with Crippen molar-refractivity contribution in [3.8, 4) is 0 Å². The lowest BCUT2D eigenvalue weighted by atomic mass is 9.85. The summed E-state index contributed by atoms with van der Waals surface area (Å²) in [6.45, 7) is 2.14. The Labute approximate surface area is 140 Å². The van der Waals surface area contributed by atoms with Crippen molar-refractivity contribution in [3.63, 3.8) is 0 Å². The number of esters is 1. The van der Waals surface area contributed by atoms with Crippen molar-refractivity contribution in [2.75, 3.05) is 11.9 Å². The van der Waals surface area contributed by atoms with Crippen LogP contribution in [0.5, 0.6) is 0 Å². The van der Waals surface area contributed by atoms with Gasteiger partial charge in [0, 0.05) is 11.4 Å². The van der Waals surface area contributed by atoms with E-state index < -0.39 is 0 Å². The van der Waals surface area contributed by atoms with E-state index >= 15 is 0 Å². The van der Waals surface area contributed by atoms with Crippen LogP contribution in [-0.2, 0) is 20.7 Å². The smallest absolute Gasteiger partial charge is 0.311 e. The Kier molecular flexibility index (Phi) is 5.27. The molecule has 7 heteroatoms. The second-order valence-electron chi connectivity index (χ2n) is 6.22. The number of hydrogen-bond donors (Lipinski definition) is 2. The maximum Gasteiger partial charge on any atom is 0.311 e. The van der Waals surface area contributed by atoms with E-state index in [1.54, 1.807) is 12.3 Å². The third-order valence-electron chi connectivity index (χ3n) is 4.59. The van der Waals surface area contributed by atoms with E-state index in [-0.39, 0.29) is 24.3 Å². The first-order chi connectivity index (χ1) is 11.2. The predicted octanol–water partition coefficient (Wildman–Crippen LogP) is 2.11. The zero-order chi connectivity index (χ0) is 16.2. The standard InChI is InChI=1S/C16H23N3O3S/c1-2-22-14(20)8-11-9-23-16(17-11)19-15(21)13-7-10-5-3-4-6-12(10)18-13/h9-10,12-13,18H,2-8H2,1H3,(H,17,19,21). The first-order valence-electron chi connectivity index (χ1n) is 8.32. The molecule has 1 amide bonds. The number of thiazole rings is 1. The van der Waals surface area contributed by atoms with Crippen LogP contribution in [0.3, 0.4) is 0 Å². The third-order valence-corrected chi connectivity index (χ3v) is 5.40. The Morgan fingerprint density at radius 1 is 1.43 bits per heavy atom. The summed E-state index contributed by atoms with van der Waals surface area (Å²) in [5, 5.41) is 8.67. The minimum Gasteiger partial charge on any atom is -0.466 e. The molecule has 1 aliphatic heterocycles. The van der Waals surface area contributed by atoms with E-state index in [4.69, 9.17) is 4.74 Å². The number of hydrogen-bond acceptors (Lipinski definition) is 6. The van der Waals surface area contributed by atoms with Gasteiger partial charge in [0.05, 0.1) is 24.8 Å². The van der Waals surface area contributed by atoms with E-state index in [9.17, 15) is 9.59 Å². The number of carbonyl (C=O) groups excluding carboxylic acids is 2. The molecule has 6 nitrogen and oxygen atoms in total. The molecule has 23 heavy (non-hydrogen) atoms. The average Bonchev–Trinajstić information content (AvgIpc) is 3.14. The van der Waals surface area contributed by atoms with Crippen LogP contribution in [-0.4, -0.2) is 35.6 Å². The summed E-state index contributed by atoms with van der Waals surface area (Å²) in [6.07, 6.45) is 5.99. The molecule has 0 radical (unpaired) electrons.